The Morgan fingerprint density at radius 3 is 2.12 bits per heavy atom. The summed E-state index contributed by atoms with van der Waals surface area (Å²) in [7, 11) is 0. The first kappa shape index (κ1) is 22.1. The average molecular weight is 365 g/mol. The van der Waals surface area contributed by atoms with Crippen LogP contribution in [0.1, 0.15) is 19.8 Å². The molecule has 0 heterocycles. The number of nitrogens with two attached hydrogens (primary N) is 1. The van der Waals surface area contributed by atoms with Crippen LogP contribution < -0.4 is 16.4 Å². The lowest BCUT2D eigenvalue weighted by atomic mass is 10.1. The lowest BCUT2D eigenvalue weighted by Gasteiger charge is -2.24. The van der Waals surface area contributed by atoms with Gasteiger partial charge in [0.1, 0.15) is 12.1 Å². The zero-order chi connectivity index (χ0) is 18.9. The standard InChI is InChI=1S/C13H23N3O7S/c1-6(17)10(16-11(20)7(14)5-9(18)19)12(21)15-8(13(22)23)3-4-24-2/h6-8,10,17H,3-5,14H2,1-2H3,(H,15,21)(H,16,20)(H,18,19)(H,22,23). The molecule has 138 valence electrons. The van der Waals surface area contributed by atoms with Crippen LogP contribution in [0.4, 0.5) is 0 Å². The number of hydrogen-bond acceptors (Lipinski definition) is 7. The van der Waals surface area contributed by atoms with Crippen molar-refractivity contribution in [1.82, 2.24) is 10.6 Å². The molecule has 0 aliphatic carbocycles. The van der Waals surface area contributed by atoms with Crippen LogP contribution in [0, 0.1) is 0 Å². The van der Waals surface area contributed by atoms with Gasteiger partial charge in [0.05, 0.1) is 18.6 Å². The largest absolute Gasteiger partial charge is 0.481 e. The van der Waals surface area contributed by atoms with E-state index >= 15 is 0 Å². The molecule has 0 bridgehead atoms. The summed E-state index contributed by atoms with van der Waals surface area (Å²) in [5.41, 5.74) is 5.38. The number of aliphatic carboxylic acids is 2. The van der Waals surface area contributed by atoms with Crippen molar-refractivity contribution in [2.75, 3.05) is 12.0 Å². The Bertz CT molecular complexity index is 472. The van der Waals surface area contributed by atoms with E-state index in [0.717, 1.165) is 0 Å². The van der Waals surface area contributed by atoms with Gasteiger partial charge in [-0.1, -0.05) is 0 Å². The van der Waals surface area contributed by atoms with E-state index in [1.807, 2.05) is 0 Å². The first-order valence-electron chi connectivity index (χ1n) is 7.08. The molecule has 2 amide bonds. The van der Waals surface area contributed by atoms with Crippen LogP contribution in [0.5, 0.6) is 0 Å². The van der Waals surface area contributed by atoms with Crippen molar-refractivity contribution >= 4 is 35.5 Å². The molecule has 10 nitrogen and oxygen atoms in total. The number of aliphatic hydroxyl groups is 1. The van der Waals surface area contributed by atoms with Crippen LogP contribution in [0.25, 0.3) is 0 Å². The van der Waals surface area contributed by atoms with E-state index in [1.54, 1.807) is 6.26 Å². The van der Waals surface area contributed by atoms with E-state index in [2.05, 4.69) is 10.6 Å². The van der Waals surface area contributed by atoms with Crippen LogP contribution in [0.3, 0.4) is 0 Å². The number of carboxylic acid groups (broad SMARTS) is 2. The average Bonchev–Trinajstić information content (AvgIpc) is 2.46. The molecule has 0 rings (SSSR count). The van der Waals surface area contributed by atoms with Gasteiger partial charge in [0.2, 0.25) is 11.8 Å². The molecule has 0 aliphatic heterocycles. The second-order valence-electron chi connectivity index (χ2n) is 5.11. The van der Waals surface area contributed by atoms with Crippen molar-refractivity contribution in [3.05, 3.63) is 0 Å². The molecular formula is C13H23N3O7S. The van der Waals surface area contributed by atoms with Crippen LogP contribution in [0.2, 0.25) is 0 Å². The maximum absolute atomic E-state index is 12.1. The number of hydrogen-bond donors (Lipinski definition) is 6. The fourth-order valence-corrected chi connectivity index (χ4v) is 2.17. The molecule has 24 heavy (non-hydrogen) atoms. The molecule has 0 radical (unpaired) electrons. The van der Waals surface area contributed by atoms with Crippen LogP contribution >= 0.6 is 11.8 Å². The quantitative estimate of drug-likeness (QED) is 0.241. The van der Waals surface area contributed by atoms with Crippen molar-refractivity contribution in [2.45, 2.75) is 44.0 Å². The van der Waals surface area contributed by atoms with E-state index in [4.69, 9.17) is 15.9 Å². The number of carbonyl (C=O) groups is 4. The molecule has 0 spiro atoms. The van der Waals surface area contributed by atoms with Crippen molar-refractivity contribution in [1.29, 1.82) is 0 Å². The van der Waals surface area contributed by atoms with Gasteiger partial charge < -0.3 is 31.7 Å². The number of carbonyl (C=O) groups excluding carboxylic acids is 2. The highest BCUT2D eigenvalue weighted by Crippen LogP contribution is 2.03. The second-order valence-corrected chi connectivity index (χ2v) is 6.10. The SMILES string of the molecule is CSCCC(NC(=O)C(NC(=O)C(N)CC(=O)O)C(C)O)C(=O)O. The van der Waals surface area contributed by atoms with E-state index < -0.39 is 54.4 Å². The summed E-state index contributed by atoms with van der Waals surface area (Å²) < 4.78 is 0. The summed E-state index contributed by atoms with van der Waals surface area (Å²) in [6.07, 6.45) is -0.0308. The van der Waals surface area contributed by atoms with E-state index in [0.29, 0.717) is 5.75 Å². The monoisotopic (exact) mass is 365 g/mol. The molecule has 0 aromatic carbocycles. The maximum Gasteiger partial charge on any atom is 0.326 e. The Morgan fingerprint density at radius 1 is 1.12 bits per heavy atom. The third-order valence-corrected chi connectivity index (χ3v) is 3.66. The summed E-state index contributed by atoms with van der Waals surface area (Å²) in [6.45, 7) is 1.23. The molecule has 0 aromatic rings. The lowest BCUT2D eigenvalue weighted by Crippen LogP contribution is -2.58. The Balaban J connectivity index is 4.90. The number of thioether (sulfide) groups is 1. The van der Waals surface area contributed by atoms with Crippen molar-refractivity contribution in [3.63, 3.8) is 0 Å². The lowest BCUT2D eigenvalue weighted by molar-refractivity contribution is -0.143. The van der Waals surface area contributed by atoms with E-state index in [1.165, 1.54) is 18.7 Å². The third-order valence-electron chi connectivity index (χ3n) is 3.02. The predicted octanol–water partition coefficient (Wildman–Crippen LogP) is -2.02. The highest BCUT2D eigenvalue weighted by molar-refractivity contribution is 7.98. The predicted molar refractivity (Wildman–Crippen MR) is 86.4 cm³/mol. The van der Waals surface area contributed by atoms with E-state index in [9.17, 15) is 24.3 Å². The minimum atomic E-state index is -1.45. The van der Waals surface area contributed by atoms with Gasteiger partial charge in [0.25, 0.3) is 0 Å². The van der Waals surface area contributed by atoms with Crippen molar-refractivity contribution < 1.29 is 34.5 Å². The number of nitrogens with one attached hydrogen (secondary N) is 2. The van der Waals surface area contributed by atoms with Gasteiger partial charge in [-0.3, -0.25) is 14.4 Å². The molecule has 0 fully saturated rings. The Labute approximate surface area is 143 Å². The first-order valence-corrected chi connectivity index (χ1v) is 8.47. The summed E-state index contributed by atoms with van der Waals surface area (Å²) in [5, 5.41) is 31.7. The molecule has 0 aromatic heterocycles. The summed E-state index contributed by atoms with van der Waals surface area (Å²) >= 11 is 1.40. The minimum Gasteiger partial charge on any atom is -0.481 e. The molecule has 11 heteroatoms. The number of carboxylic acids is 2. The van der Waals surface area contributed by atoms with Gasteiger partial charge in [-0.25, -0.2) is 4.79 Å². The Hall–Kier alpha value is -1.85. The van der Waals surface area contributed by atoms with Gasteiger partial charge in [0, 0.05) is 0 Å². The van der Waals surface area contributed by atoms with Gasteiger partial charge in [-0.15, -0.1) is 0 Å². The molecule has 4 atom stereocenters. The summed E-state index contributed by atoms with van der Waals surface area (Å²) in [5.74, 6) is -3.87. The molecular weight excluding hydrogens is 342 g/mol. The van der Waals surface area contributed by atoms with Crippen LogP contribution in [-0.2, 0) is 19.2 Å². The highest BCUT2D eigenvalue weighted by Gasteiger charge is 2.31. The fraction of sp³-hybridized carbons (Fsp3) is 0.692. The topological polar surface area (TPSA) is 179 Å². The Morgan fingerprint density at radius 2 is 1.71 bits per heavy atom. The normalized spacial score (nSPS) is 15.7. The van der Waals surface area contributed by atoms with Gasteiger partial charge >= 0.3 is 11.9 Å². The van der Waals surface area contributed by atoms with Crippen molar-refractivity contribution in [2.24, 2.45) is 5.73 Å². The zero-order valence-electron chi connectivity index (χ0n) is 13.4. The minimum absolute atomic E-state index is 0.168. The fourth-order valence-electron chi connectivity index (χ4n) is 1.70. The molecule has 0 aliphatic rings. The Kier molecular flexibility index (Phi) is 10.0. The third kappa shape index (κ3) is 8.13. The maximum atomic E-state index is 12.1. The first-order chi connectivity index (χ1) is 11.1. The molecule has 4 unspecified atom stereocenters. The van der Waals surface area contributed by atoms with Crippen molar-refractivity contribution in [3.8, 4) is 0 Å². The number of aliphatic hydroxyl groups excluding tert-OH is 1. The van der Waals surface area contributed by atoms with Crippen LogP contribution in [0.15, 0.2) is 0 Å². The molecule has 0 saturated heterocycles. The summed E-state index contributed by atoms with van der Waals surface area (Å²) in [6, 6.07) is -4.02. The zero-order valence-corrected chi connectivity index (χ0v) is 14.2. The van der Waals surface area contributed by atoms with Crippen LogP contribution in [-0.4, -0.2) is 75.3 Å². The number of rotatable bonds is 11. The van der Waals surface area contributed by atoms with Gasteiger partial charge in [0.15, 0.2) is 0 Å². The van der Waals surface area contributed by atoms with Gasteiger partial charge in [-0.05, 0) is 25.4 Å². The van der Waals surface area contributed by atoms with Gasteiger partial charge in [-0.2, -0.15) is 11.8 Å². The highest BCUT2D eigenvalue weighted by atomic mass is 32.2. The summed E-state index contributed by atoms with van der Waals surface area (Å²) in [4.78, 5) is 45.6. The van der Waals surface area contributed by atoms with E-state index in [-0.39, 0.29) is 6.42 Å². The molecule has 0 saturated carbocycles. The molecule has 7 N–H and O–H groups in total. The number of amides is 2. The second kappa shape index (κ2) is 10.8. The smallest absolute Gasteiger partial charge is 0.326 e.